The van der Waals surface area contributed by atoms with Gasteiger partial charge in [-0.25, -0.2) is 0 Å². The van der Waals surface area contributed by atoms with Gasteiger partial charge in [0, 0.05) is 12.1 Å². The number of carbonyl (C=O) groups is 1. The zero-order valence-corrected chi connectivity index (χ0v) is 14.1. The molecule has 0 bridgehead atoms. The molecule has 0 amide bonds. The van der Waals surface area contributed by atoms with Gasteiger partial charge in [0.2, 0.25) is 0 Å². The molecule has 0 saturated carbocycles. The summed E-state index contributed by atoms with van der Waals surface area (Å²) in [5, 5.41) is 11.5. The molecule has 0 radical (unpaired) electrons. The van der Waals surface area contributed by atoms with Crippen LogP contribution in [0.2, 0.25) is 0 Å². The smallest absolute Gasteiger partial charge is 0.163 e. The third-order valence-corrected chi connectivity index (χ3v) is 4.40. The molecule has 0 aliphatic rings. The van der Waals surface area contributed by atoms with Gasteiger partial charge in [-0.2, -0.15) is 5.26 Å². The highest BCUT2D eigenvalue weighted by Crippen LogP contribution is 2.28. The van der Waals surface area contributed by atoms with Crippen LogP contribution in [0.4, 0.5) is 0 Å². The third kappa shape index (κ3) is 3.36. The summed E-state index contributed by atoms with van der Waals surface area (Å²) in [4.78, 5) is 17.0. The van der Waals surface area contributed by atoms with Crippen molar-refractivity contribution < 1.29 is 9.53 Å². The van der Waals surface area contributed by atoms with Crippen molar-refractivity contribution in [3.8, 4) is 11.8 Å². The highest BCUT2D eigenvalue weighted by atomic mass is 16.5. The number of rotatable bonds is 5. The molecular formula is C21H18N2O2. The van der Waals surface area contributed by atoms with Crippen molar-refractivity contribution >= 4 is 16.6 Å². The summed E-state index contributed by atoms with van der Waals surface area (Å²) < 4.78 is 5.24. The largest absolute Gasteiger partial charge is 0.497 e. The lowest BCUT2D eigenvalue weighted by atomic mass is 9.86. The minimum absolute atomic E-state index is 0.144. The highest BCUT2D eigenvalue weighted by Gasteiger charge is 2.27. The van der Waals surface area contributed by atoms with Crippen molar-refractivity contribution in [2.45, 2.75) is 18.8 Å². The maximum Gasteiger partial charge on any atom is 0.163 e. The Morgan fingerprint density at radius 2 is 1.88 bits per heavy atom. The molecular weight excluding hydrogens is 312 g/mol. The van der Waals surface area contributed by atoms with E-state index in [1.165, 1.54) is 0 Å². The third-order valence-electron chi connectivity index (χ3n) is 4.40. The summed E-state index contributed by atoms with van der Waals surface area (Å²) in [5.74, 6) is -0.598. The van der Waals surface area contributed by atoms with E-state index in [0.717, 1.165) is 22.1 Å². The maximum atomic E-state index is 12.8. The monoisotopic (exact) mass is 330 g/mol. The number of Topliss-reactive ketones (excluding diaryl/α,β-unsaturated/α-hetero) is 1. The van der Waals surface area contributed by atoms with E-state index < -0.39 is 11.8 Å². The molecule has 4 nitrogen and oxygen atoms in total. The summed E-state index contributed by atoms with van der Waals surface area (Å²) >= 11 is 0. The number of carbonyl (C=O) groups excluding carboxylic acids is 1. The number of pyridine rings is 1. The average molecular weight is 330 g/mol. The standard InChI is InChI=1S/C21H18N2O2/c1-14(21(24)19(13-22)20-5-3-4-10-23-20)15-6-7-17-12-18(25-2)9-8-16(17)11-15/h3-12,14,19H,1-2H3/t14-,19-/m1/s1. The Labute approximate surface area is 146 Å². The van der Waals surface area contributed by atoms with Crippen LogP contribution < -0.4 is 4.74 Å². The van der Waals surface area contributed by atoms with Gasteiger partial charge >= 0.3 is 0 Å². The van der Waals surface area contributed by atoms with E-state index in [4.69, 9.17) is 4.74 Å². The molecule has 124 valence electrons. The first-order chi connectivity index (χ1) is 12.1. The minimum Gasteiger partial charge on any atom is -0.497 e. The molecule has 0 N–H and O–H groups in total. The molecule has 0 aliphatic heterocycles. The second-order valence-electron chi connectivity index (χ2n) is 5.91. The lowest BCUT2D eigenvalue weighted by Crippen LogP contribution is -2.18. The topological polar surface area (TPSA) is 63.0 Å². The van der Waals surface area contributed by atoms with Crippen molar-refractivity contribution in [1.29, 1.82) is 5.26 Å². The van der Waals surface area contributed by atoms with Crippen LogP contribution in [0.3, 0.4) is 0 Å². The van der Waals surface area contributed by atoms with Crippen molar-refractivity contribution in [3.05, 3.63) is 72.1 Å². The quantitative estimate of drug-likeness (QED) is 0.702. The van der Waals surface area contributed by atoms with Crippen molar-refractivity contribution in [1.82, 2.24) is 4.98 Å². The van der Waals surface area contributed by atoms with E-state index in [1.807, 2.05) is 43.3 Å². The fraction of sp³-hybridized carbons (Fsp3) is 0.190. The Hall–Kier alpha value is -3.19. The van der Waals surface area contributed by atoms with Crippen molar-refractivity contribution in [3.63, 3.8) is 0 Å². The van der Waals surface area contributed by atoms with E-state index in [9.17, 15) is 10.1 Å². The maximum absolute atomic E-state index is 12.8. The molecule has 2 atom stereocenters. The number of aromatic nitrogens is 1. The summed E-state index contributed by atoms with van der Waals surface area (Å²) in [6.07, 6.45) is 1.60. The molecule has 3 rings (SSSR count). The Bertz CT molecular complexity index is 945. The van der Waals surface area contributed by atoms with Crippen LogP contribution in [0, 0.1) is 11.3 Å². The molecule has 0 fully saturated rings. The number of benzene rings is 2. The van der Waals surface area contributed by atoms with Gasteiger partial charge < -0.3 is 4.74 Å². The first-order valence-electron chi connectivity index (χ1n) is 8.06. The second-order valence-corrected chi connectivity index (χ2v) is 5.91. The van der Waals surface area contributed by atoms with Crippen LogP contribution in [0.25, 0.3) is 10.8 Å². The Balaban J connectivity index is 1.91. The fourth-order valence-electron chi connectivity index (χ4n) is 2.88. The zero-order chi connectivity index (χ0) is 17.8. The zero-order valence-electron chi connectivity index (χ0n) is 14.1. The molecule has 0 saturated heterocycles. The van der Waals surface area contributed by atoms with Crippen LogP contribution in [0.1, 0.15) is 30.0 Å². The number of ketones is 1. The predicted octanol–water partition coefficient (Wildman–Crippen LogP) is 4.22. The van der Waals surface area contributed by atoms with E-state index in [2.05, 4.69) is 11.1 Å². The summed E-state index contributed by atoms with van der Waals surface area (Å²) in [7, 11) is 1.63. The van der Waals surface area contributed by atoms with Crippen LogP contribution in [0.5, 0.6) is 5.75 Å². The van der Waals surface area contributed by atoms with Crippen molar-refractivity contribution in [2.24, 2.45) is 0 Å². The van der Waals surface area contributed by atoms with Gasteiger partial charge in [-0.05, 0) is 40.6 Å². The fourth-order valence-corrected chi connectivity index (χ4v) is 2.88. The molecule has 1 heterocycles. The second kappa shape index (κ2) is 7.14. The lowest BCUT2D eigenvalue weighted by molar-refractivity contribution is -0.120. The molecule has 0 unspecified atom stereocenters. The number of nitrogens with zero attached hydrogens (tertiary/aromatic N) is 2. The van der Waals surface area contributed by atoms with Crippen LogP contribution in [-0.4, -0.2) is 17.9 Å². The van der Waals surface area contributed by atoms with E-state index >= 15 is 0 Å². The van der Waals surface area contributed by atoms with Crippen molar-refractivity contribution in [2.75, 3.05) is 7.11 Å². The Morgan fingerprint density at radius 3 is 2.56 bits per heavy atom. The van der Waals surface area contributed by atoms with E-state index in [1.54, 1.807) is 31.5 Å². The van der Waals surface area contributed by atoms with Gasteiger partial charge in [0.1, 0.15) is 11.7 Å². The number of methoxy groups -OCH3 is 1. The van der Waals surface area contributed by atoms with E-state index in [0.29, 0.717) is 5.69 Å². The van der Waals surface area contributed by atoms with Crippen LogP contribution in [0.15, 0.2) is 60.8 Å². The molecule has 0 aliphatic carbocycles. The number of hydrogen-bond acceptors (Lipinski definition) is 4. The SMILES string of the molecule is COc1ccc2cc([C@@H](C)C(=O)[C@H](C#N)c3ccccn3)ccc2c1. The molecule has 4 heteroatoms. The molecule has 25 heavy (non-hydrogen) atoms. The molecule has 3 aromatic rings. The normalized spacial score (nSPS) is 13.0. The van der Waals surface area contributed by atoms with Gasteiger partial charge in [-0.1, -0.05) is 37.3 Å². The van der Waals surface area contributed by atoms with Gasteiger partial charge in [0.25, 0.3) is 0 Å². The first-order valence-corrected chi connectivity index (χ1v) is 8.06. The number of hydrogen-bond donors (Lipinski definition) is 0. The highest BCUT2D eigenvalue weighted by molar-refractivity contribution is 5.94. The Kier molecular flexibility index (Phi) is 4.76. The van der Waals surface area contributed by atoms with E-state index in [-0.39, 0.29) is 5.78 Å². The molecule has 0 spiro atoms. The van der Waals surface area contributed by atoms with Crippen LogP contribution >= 0.6 is 0 Å². The van der Waals surface area contributed by atoms with Gasteiger partial charge in [0.15, 0.2) is 5.78 Å². The predicted molar refractivity (Wildman–Crippen MR) is 96.5 cm³/mol. The van der Waals surface area contributed by atoms with Gasteiger partial charge in [-0.3, -0.25) is 9.78 Å². The number of ether oxygens (including phenoxy) is 1. The minimum atomic E-state index is -0.859. The summed E-state index contributed by atoms with van der Waals surface area (Å²) in [5.41, 5.74) is 1.38. The summed E-state index contributed by atoms with van der Waals surface area (Å²) in [6, 6.07) is 19.1. The average Bonchev–Trinajstić information content (AvgIpc) is 2.67. The lowest BCUT2D eigenvalue weighted by Gasteiger charge is -2.15. The van der Waals surface area contributed by atoms with Crippen LogP contribution in [-0.2, 0) is 4.79 Å². The Morgan fingerprint density at radius 1 is 1.12 bits per heavy atom. The van der Waals surface area contributed by atoms with Gasteiger partial charge in [-0.15, -0.1) is 0 Å². The molecule has 2 aromatic carbocycles. The molecule has 1 aromatic heterocycles. The summed E-state index contributed by atoms with van der Waals surface area (Å²) in [6.45, 7) is 1.83. The first kappa shape index (κ1) is 16.7. The number of fused-ring (bicyclic) bond motifs is 1. The number of nitriles is 1. The van der Waals surface area contributed by atoms with Gasteiger partial charge in [0.05, 0.1) is 18.9 Å².